The van der Waals surface area contributed by atoms with E-state index in [1.165, 1.54) is 13.1 Å². The van der Waals surface area contributed by atoms with Crippen LogP contribution in [0.2, 0.25) is 0 Å². The first-order chi connectivity index (χ1) is 13.1. The van der Waals surface area contributed by atoms with E-state index in [1.54, 1.807) is 54.6 Å². The molecule has 6 heteroatoms. The van der Waals surface area contributed by atoms with Gasteiger partial charge in [-0.3, -0.25) is 14.6 Å². The highest BCUT2D eigenvalue weighted by molar-refractivity contribution is 6.03. The molecule has 0 radical (unpaired) electrons. The molecule has 6 nitrogen and oxygen atoms in total. The van der Waals surface area contributed by atoms with E-state index in [0.717, 1.165) is 0 Å². The van der Waals surface area contributed by atoms with Crippen molar-refractivity contribution in [3.05, 3.63) is 83.7 Å². The molecular formula is C21H16N4O2. The molecule has 132 valence electrons. The zero-order chi connectivity index (χ0) is 19.2. The molecule has 1 heterocycles. The number of rotatable bonds is 5. The third-order valence-electron chi connectivity index (χ3n) is 3.87. The second-order valence-corrected chi connectivity index (χ2v) is 5.80. The SMILES string of the molecule is CC(=O)c1ccc(NC(=O)c2cc(Nc3ccccc3C#N)ccn2)cc1. The second-order valence-electron chi connectivity index (χ2n) is 5.80. The summed E-state index contributed by atoms with van der Waals surface area (Å²) >= 11 is 0. The molecule has 0 aliphatic rings. The normalized spacial score (nSPS) is 9.93. The molecule has 0 atom stereocenters. The minimum atomic E-state index is -0.372. The Labute approximate surface area is 156 Å². The van der Waals surface area contributed by atoms with Crippen molar-refractivity contribution in [1.82, 2.24) is 4.98 Å². The van der Waals surface area contributed by atoms with Gasteiger partial charge < -0.3 is 10.6 Å². The summed E-state index contributed by atoms with van der Waals surface area (Å²) in [5.41, 5.74) is 3.17. The minimum Gasteiger partial charge on any atom is -0.354 e. The number of Topliss-reactive ketones (excluding diaryl/α,β-unsaturated/α-hetero) is 1. The maximum Gasteiger partial charge on any atom is 0.274 e. The van der Waals surface area contributed by atoms with E-state index in [2.05, 4.69) is 21.7 Å². The lowest BCUT2D eigenvalue weighted by Crippen LogP contribution is -2.14. The average molecular weight is 356 g/mol. The van der Waals surface area contributed by atoms with Crippen molar-refractivity contribution in [2.75, 3.05) is 10.6 Å². The highest BCUT2D eigenvalue weighted by Crippen LogP contribution is 2.20. The summed E-state index contributed by atoms with van der Waals surface area (Å²) in [7, 11) is 0. The smallest absolute Gasteiger partial charge is 0.274 e. The van der Waals surface area contributed by atoms with Crippen LogP contribution in [-0.2, 0) is 0 Å². The molecular weight excluding hydrogens is 340 g/mol. The molecule has 0 aliphatic carbocycles. The number of amides is 1. The maximum absolute atomic E-state index is 12.4. The number of anilines is 3. The van der Waals surface area contributed by atoms with Crippen LogP contribution in [0.4, 0.5) is 17.1 Å². The molecule has 2 aromatic carbocycles. The lowest BCUT2D eigenvalue weighted by molar-refractivity contribution is 0.101. The Bertz CT molecular complexity index is 1040. The van der Waals surface area contributed by atoms with Gasteiger partial charge in [-0.15, -0.1) is 0 Å². The van der Waals surface area contributed by atoms with Crippen LogP contribution >= 0.6 is 0 Å². The topological polar surface area (TPSA) is 94.9 Å². The minimum absolute atomic E-state index is 0.0361. The summed E-state index contributed by atoms with van der Waals surface area (Å²) in [4.78, 5) is 27.8. The number of carbonyl (C=O) groups excluding carboxylic acids is 2. The predicted octanol–water partition coefficient (Wildman–Crippen LogP) is 4.15. The van der Waals surface area contributed by atoms with E-state index >= 15 is 0 Å². The van der Waals surface area contributed by atoms with Crippen molar-refractivity contribution in [1.29, 1.82) is 5.26 Å². The number of ketones is 1. The maximum atomic E-state index is 12.4. The van der Waals surface area contributed by atoms with Crippen LogP contribution in [0.15, 0.2) is 66.9 Å². The van der Waals surface area contributed by atoms with Gasteiger partial charge in [0.05, 0.1) is 11.3 Å². The van der Waals surface area contributed by atoms with E-state index in [4.69, 9.17) is 5.26 Å². The molecule has 1 amide bonds. The largest absolute Gasteiger partial charge is 0.354 e. The number of para-hydroxylation sites is 1. The molecule has 0 spiro atoms. The molecule has 0 fully saturated rings. The number of nitrogens with one attached hydrogen (secondary N) is 2. The van der Waals surface area contributed by atoms with Gasteiger partial charge in [0.1, 0.15) is 11.8 Å². The van der Waals surface area contributed by atoms with Gasteiger partial charge in [0.2, 0.25) is 0 Å². The van der Waals surface area contributed by atoms with Crippen molar-refractivity contribution < 1.29 is 9.59 Å². The molecule has 0 bridgehead atoms. The number of aromatic nitrogens is 1. The van der Waals surface area contributed by atoms with Crippen molar-refractivity contribution in [3.63, 3.8) is 0 Å². The quantitative estimate of drug-likeness (QED) is 0.670. The highest BCUT2D eigenvalue weighted by atomic mass is 16.2. The first-order valence-electron chi connectivity index (χ1n) is 8.21. The van der Waals surface area contributed by atoms with E-state index in [1.807, 2.05) is 6.07 Å². The molecule has 0 unspecified atom stereocenters. The van der Waals surface area contributed by atoms with Crippen molar-refractivity contribution in [3.8, 4) is 6.07 Å². The lowest BCUT2D eigenvalue weighted by atomic mass is 10.1. The number of benzene rings is 2. The fourth-order valence-electron chi connectivity index (χ4n) is 2.46. The van der Waals surface area contributed by atoms with Gasteiger partial charge in [0.25, 0.3) is 5.91 Å². The van der Waals surface area contributed by atoms with Crippen LogP contribution in [0.3, 0.4) is 0 Å². The number of pyridine rings is 1. The van der Waals surface area contributed by atoms with Crippen LogP contribution in [0.1, 0.15) is 33.3 Å². The Kier molecular flexibility index (Phi) is 5.24. The summed E-state index contributed by atoms with van der Waals surface area (Å²) in [5.74, 6) is -0.409. The molecule has 2 N–H and O–H groups in total. The summed E-state index contributed by atoms with van der Waals surface area (Å²) in [6, 6.07) is 19.2. The van der Waals surface area contributed by atoms with Gasteiger partial charge >= 0.3 is 0 Å². The van der Waals surface area contributed by atoms with E-state index in [9.17, 15) is 9.59 Å². The first-order valence-corrected chi connectivity index (χ1v) is 8.21. The van der Waals surface area contributed by atoms with Gasteiger partial charge in [0, 0.05) is 23.1 Å². The Balaban J connectivity index is 1.75. The second kappa shape index (κ2) is 7.93. The summed E-state index contributed by atoms with van der Waals surface area (Å²) < 4.78 is 0. The first kappa shape index (κ1) is 17.8. The number of nitriles is 1. The zero-order valence-electron chi connectivity index (χ0n) is 14.6. The zero-order valence-corrected chi connectivity index (χ0v) is 14.6. The van der Waals surface area contributed by atoms with Crippen LogP contribution < -0.4 is 10.6 Å². The third kappa shape index (κ3) is 4.35. The van der Waals surface area contributed by atoms with Gasteiger partial charge in [-0.1, -0.05) is 12.1 Å². The molecule has 0 saturated heterocycles. The van der Waals surface area contributed by atoms with Gasteiger partial charge in [-0.2, -0.15) is 5.26 Å². The Morgan fingerprint density at radius 2 is 1.74 bits per heavy atom. The average Bonchev–Trinajstić information content (AvgIpc) is 2.69. The molecule has 0 aliphatic heterocycles. The van der Waals surface area contributed by atoms with Crippen LogP contribution in [0.5, 0.6) is 0 Å². The molecule has 3 aromatic rings. The summed E-state index contributed by atoms with van der Waals surface area (Å²) in [5, 5.41) is 15.0. The van der Waals surface area contributed by atoms with Crippen molar-refractivity contribution >= 4 is 28.8 Å². The molecule has 1 aromatic heterocycles. The highest BCUT2D eigenvalue weighted by Gasteiger charge is 2.10. The van der Waals surface area contributed by atoms with Gasteiger partial charge in [-0.25, -0.2) is 0 Å². The molecule has 27 heavy (non-hydrogen) atoms. The van der Waals surface area contributed by atoms with Crippen LogP contribution in [0, 0.1) is 11.3 Å². The van der Waals surface area contributed by atoms with E-state index in [-0.39, 0.29) is 17.4 Å². The van der Waals surface area contributed by atoms with Gasteiger partial charge in [0.15, 0.2) is 5.78 Å². The molecule has 0 saturated carbocycles. The van der Waals surface area contributed by atoms with E-state index < -0.39 is 0 Å². The Morgan fingerprint density at radius 1 is 1.00 bits per heavy atom. The summed E-state index contributed by atoms with van der Waals surface area (Å²) in [6.07, 6.45) is 1.52. The Morgan fingerprint density at radius 3 is 2.44 bits per heavy atom. The van der Waals surface area contributed by atoms with Crippen molar-refractivity contribution in [2.24, 2.45) is 0 Å². The van der Waals surface area contributed by atoms with Crippen LogP contribution in [-0.4, -0.2) is 16.7 Å². The number of hydrogen-bond acceptors (Lipinski definition) is 5. The summed E-state index contributed by atoms with van der Waals surface area (Å²) in [6.45, 7) is 1.49. The monoisotopic (exact) mass is 356 g/mol. The number of nitrogens with zero attached hydrogens (tertiary/aromatic N) is 2. The fourth-order valence-corrected chi connectivity index (χ4v) is 2.46. The van der Waals surface area contributed by atoms with Gasteiger partial charge in [-0.05, 0) is 55.5 Å². The third-order valence-corrected chi connectivity index (χ3v) is 3.87. The number of carbonyl (C=O) groups is 2. The van der Waals surface area contributed by atoms with E-state index in [0.29, 0.717) is 28.2 Å². The fraction of sp³-hybridized carbons (Fsp3) is 0.0476. The van der Waals surface area contributed by atoms with Crippen molar-refractivity contribution in [2.45, 2.75) is 6.92 Å². The lowest BCUT2D eigenvalue weighted by Gasteiger charge is -2.10. The number of hydrogen-bond donors (Lipinski definition) is 2. The predicted molar refractivity (Wildman–Crippen MR) is 103 cm³/mol. The van der Waals surface area contributed by atoms with Crippen LogP contribution in [0.25, 0.3) is 0 Å². The standard InChI is InChI=1S/C21H16N4O2/c1-14(26)15-6-8-17(9-7-15)25-21(27)20-12-18(10-11-23-20)24-19-5-3-2-4-16(19)13-22/h2-12H,1H3,(H,23,24)(H,25,27). The Hall–Kier alpha value is -3.98. The molecule has 3 rings (SSSR count).